The van der Waals surface area contributed by atoms with Gasteiger partial charge in [-0.1, -0.05) is 13.0 Å². The Morgan fingerprint density at radius 1 is 1.31 bits per heavy atom. The second-order valence-corrected chi connectivity index (χ2v) is 5.73. The van der Waals surface area contributed by atoms with E-state index in [1.807, 2.05) is 18.2 Å². The lowest BCUT2D eigenvalue weighted by Gasteiger charge is -2.36. The van der Waals surface area contributed by atoms with E-state index >= 15 is 0 Å². The smallest absolute Gasteiger partial charge is 0.148 e. The van der Waals surface area contributed by atoms with Gasteiger partial charge in [-0.3, -0.25) is 0 Å². The first-order chi connectivity index (χ1) is 7.70. The number of hydrogen-bond acceptors (Lipinski definition) is 2. The highest BCUT2D eigenvalue weighted by Crippen LogP contribution is 2.36. The Morgan fingerprint density at radius 3 is 2.50 bits per heavy atom. The Balaban J connectivity index is 1.91. The second kappa shape index (κ2) is 5.52. The standard InChI is InChI=1S/C12H15Br2NO/c1-2-15-8-6-9(7-8)16-12-10(13)4-3-5-11(12)14/h3-5,8-9,15H,2,6-7H2,1H3. The third-order valence-electron chi connectivity index (χ3n) is 2.79. The van der Waals surface area contributed by atoms with Gasteiger partial charge in [-0.05, 0) is 63.4 Å². The largest absolute Gasteiger partial charge is 0.488 e. The molecule has 88 valence electrons. The fourth-order valence-corrected chi connectivity index (χ4v) is 3.06. The molecule has 1 aliphatic rings. The Hall–Kier alpha value is -0.0600. The van der Waals surface area contributed by atoms with E-state index < -0.39 is 0 Å². The highest BCUT2D eigenvalue weighted by Gasteiger charge is 2.30. The number of halogens is 2. The molecule has 0 spiro atoms. The van der Waals surface area contributed by atoms with Crippen molar-refractivity contribution >= 4 is 31.9 Å². The number of rotatable bonds is 4. The molecule has 1 N–H and O–H groups in total. The van der Waals surface area contributed by atoms with Gasteiger partial charge in [0.25, 0.3) is 0 Å². The molecule has 1 aliphatic carbocycles. The first kappa shape index (κ1) is 12.4. The lowest BCUT2D eigenvalue weighted by atomic mass is 9.89. The van der Waals surface area contributed by atoms with E-state index in [2.05, 4.69) is 44.1 Å². The molecule has 2 rings (SSSR count). The van der Waals surface area contributed by atoms with E-state index in [4.69, 9.17) is 4.74 Å². The van der Waals surface area contributed by atoms with Crippen LogP contribution in [0.25, 0.3) is 0 Å². The van der Waals surface area contributed by atoms with Crippen molar-refractivity contribution in [2.24, 2.45) is 0 Å². The first-order valence-electron chi connectivity index (χ1n) is 5.54. The molecule has 16 heavy (non-hydrogen) atoms. The van der Waals surface area contributed by atoms with Crippen LogP contribution < -0.4 is 10.1 Å². The molecule has 0 aliphatic heterocycles. The quantitative estimate of drug-likeness (QED) is 0.895. The van der Waals surface area contributed by atoms with E-state index in [9.17, 15) is 0 Å². The normalized spacial score (nSPS) is 23.9. The van der Waals surface area contributed by atoms with Gasteiger partial charge < -0.3 is 10.1 Å². The van der Waals surface area contributed by atoms with Crippen LogP contribution in [-0.2, 0) is 0 Å². The van der Waals surface area contributed by atoms with Crippen LogP contribution in [0.5, 0.6) is 5.75 Å². The van der Waals surface area contributed by atoms with Crippen LogP contribution in [0.2, 0.25) is 0 Å². The van der Waals surface area contributed by atoms with Crippen LogP contribution in [0, 0.1) is 0 Å². The highest BCUT2D eigenvalue weighted by molar-refractivity contribution is 9.11. The maximum absolute atomic E-state index is 5.95. The maximum atomic E-state index is 5.95. The molecule has 4 heteroatoms. The summed E-state index contributed by atoms with van der Waals surface area (Å²) in [7, 11) is 0. The number of benzene rings is 1. The van der Waals surface area contributed by atoms with Gasteiger partial charge in [0.1, 0.15) is 11.9 Å². The van der Waals surface area contributed by atoms with Gasteiger partial charge in [0, 0.05) is 6.04 Å². The highest BCUT2D eigenvalue weighted by atomic mass is 79.9. The number of para-hydroxylation sites is 1. The minimum Gasteiger partial charge on any atom is -0.488 e. The molecule has 0 radical (unpaired) electrons. The first-order valence-corrected chi connectivity index (χ1v) is 7.13. The molecule has 0 unspecified atom stereocenters. The van der Waals surface area contributed by atoms with Gasteiger partial charge in [0.15, 0.2) is 0 Å². The molecular weight excluding hydrogens is 334 g/mol. The van der Waals surface area contributed by atoms with Crippen molar-refractivity contribution in [2.45, 2.75) is 31.9 Å². The summed E-state index contributed by atoms with van der Waals surface area (Å²) < 4.78 is 7.97. The summed E-state index contributed by atoms with van der Waals surface area (Å²) in [5, 5.41) is 3.42. The zero-order valence-corrected chi connectivity index (χ0v) is 12.3. The van der Waals surface area contributed by atoms with E-state index in [0.29, 0.717) is 12.1 Å². The summed E-state index contributed by atoms with van der Waals surface area (Å²) in [6.07, 6.45) is 2.54. The van der Waals surface area contributed by atoms with Crippen molar-refractivity contribution in [1.82, 2.24) is 5.32 Å². The Bertz CT molecular complexity index is 344. The molecule has 0 saturated heterocycles. The van der Waals surface area contributed by atoms with E-state index in [0.717, 1.165) is 34.1 Å². The molecule has 0 aromatic heterocycles. The molecule has 0 heterocycles. The molecule has 0 amide bonds. The summed E-state index contributed by atoms with van der Waals surface area (Å²) in [5.41, 5.74) is 0. The fraction of sp³-hybridized carbons (Fsp3) is 0.500. The zero-order chi connectivity index (χ0) is 11.5. The van der Waals surface area contributed by atoms with E-state index in [1.165, 1.54) is 0 Å². The molecule has 1 saturated carbocycles. The molecule has 1 aromatic rings. The van der Waals surface area contributed by atoms with Gasteiger partial charge in [0.05, 0.1) is 8.95 Å². The monoisotopic (exact) mass is 347 g/mol. The Morgan fingerprint density at radius 2 is 1.94 bits per heavy atom. The van der Waals surface area contributed by atoms with Crippen LogP contribution in [0.1, 0.15) is 19.8 Å². The SMILES string of the molecule is CCNC1CC(Oc2c(Br)cccc2Br)C1. The summed E-state index contributed by atoms with van der Waals surface area (Å²) in [4.78, 5) is 0. The van der Waals surface area contributed by atoms with Crippen LogP contribution in [0.4, 0.5) is 0 Å². The Kier molecular flexibility index (Phi) is 4.27. The van der Waals surface area contributed by atoms with Gasteiger partial charge in [-0.25, -0.2) is 0 Å². The van der Waals surface area contributed by atoms with E-state index in [-0.39, 0.29) is 0 Å². The van der Waals surface area contributed by atoms with Gasteiger partial charge in [-0.15, -0.1) is 0 Å². The fourth-order valence-electron chi connectivity index (χ4n) is 1.88. The van der Waals surface area contributed by atoms with Crippen LogP contribution >= 0.6 is 31.9 Å². The summed E-state index contributed by atoms with van der Waals surface area (Å²) in [6, 6.07) is 6.63. The second-order valence-electron chi connectivity index (χ2n) is 4.02. The van der Waals surface area contributed by atoms with Crippen LogP contribution in [0.3, 0.4) is 0 Å². The van der Waals surface area contributed by atoms with Gasteiger partial charge >= 0.3 is 0 Å². The lowest BCUT2D eigenvalue weighted by molar-refractivity contribution is 0.0845. The number of nitrogens with one attached hydrogen (secondary N) is 1. The van der Waals surface area contributed by atoms with Crippen LogP contribution in [-0.4, -0.2) is 18.7 Å². The van der Waals surface area contributed by atoms with Crippen molar-refractivity contribution in [3.63, 3.8) is 0 Å². The average Bonchev–Trinajstić information content (AvgIpc) is 2.19. The van der Waals surface area contributed by atoms with Crippen molar-refractivity contribution < 1.29 is 4.74 Å². The molecule has 0 bridgehead atoms. The zero-order valence-electron chi connectivity index (χ0n) is 9.17. The minimum absolute atomic E-state index is 0.346. The molecule has 1 fully saturated rings. The summed E-state index contributed by atoms with van der Waals surface area (Å²) >= 11 is 7.01. The topological polar surface area (TPSA) is 21.3 Å². The number of hydrogen-bond donors (Lipinski definition) is 1. The summed E-state index contributed by atoms with van der Waals surface area (Å²) in [5.74, 6) is 0.919. The lowest BCUT2D eigenvalue weighted by Crippen LogP contribution is -2.46. The van der Waals surface area contributed by atoms with E-state index in [1.54, 1.807) is 0 Å². The molecule has 1 aromatic carbocycles. The van der Waals surface area contributed by atoms with Crippen molar-refractivity contribution in [1.29, 1.82) is 0 Å². The number of ether oxygens (including phenoxy) is 1. The Labute approximate surface area is 113 Å². The molecular formula is C12H15Br2NO. The van der Waals surface area contributed by atoms with Crippen molar-refractivity contribution in [2.75, 3.05) is 6.54 Å². The van der Waals surface area contributed by atoms with Gasteiger partial charge in [0.2, 0.25) is 0 Å². The van der Waals surface area contributed by atoms with Gasteiger partial charge in [-0.2, -0.15) is 0 Å². The predicted octanol–water partition coefficient (Wildman–Crippen LogP) is 3.73. The third kappa shape index (κ3) is 2.79. The van der Waals surface area contributed by atoms with Crippen molar-refractivity contribution in [3.8, 4) is 5.75 Å². The minimum atomic E-state index is 0.346. The average molecular weight is 349 g/mol. The predicted molar refractivity (Wildman–Crippen MR) is 73.0 cm³/mol. The molecule has 2 nitrogen and oxygen atoms in total. The van der Waals surface area contributed by atoms with Crippen LogP contribution in [0.15, 0.2) is 27.1 Å². The maximum Gasteiger partial charge on any atom is 0.148 e. The molecule has 0 atom stereocenters. The van der Waals surface area contributed by atoms with Crippen molar-refractivity contribution in [3.05, 3.63) is 27.1 Å². The summed E-state index contributed by atoms with van der Waals surface area (Å²) in [6.45, 7) is 3.18. The third-order valence-corrected chi connectivity index (χ3v) is 4.04.